The fourth-order valence-corrected chi connectivity index (χ4v) is 1.99. The number of carbonyl (C=O) groups is 1. The number of hydrogen-bond acceptors (Lipinski definition) is 4. The van der Waals surface area contributed by atoms with Gasteiger partial charge in [-0.3, -0.25) is 0 Å². The van der Waals surface area contributed by atoms with E-state index in [2.05, 4.69) is 0 Å². The van der Waals surface area contributed by atoms with E-state index in [4.69, 9.17) is 14.2 Å². The Morgan fingerprint density at radius 2 is 1.73 bits per heavy atom. The highest BCUT2D eigenvalue weighted by molar-refractivity contribution is 5.75. The fraction of sp³-hybridized carbons (Fsp3) is 0.235. The van der Waals surface area contributed by atoms with Crippen LogP contribution in [0.15, 0.2) is 48.5 Å². The molecule has 0 aliphatic rings. The molecule has 0 saturated heterocycles. The normalized spacial score (nSPS) is 11.5. The van der Waals surface area contributed by atoms with Crippen molar-refractivity contribution in [2.45, 2.75) is 13.0 Å². The Morgan fingerprint density at radius 1 is 1.09 bits per heavy atom. The Balaban J connectivity index is 2.27. The van der Waals surface area contributed by atoms with E-state index in [1.165, 1.54) is 0 Å². The van der Waals surface area contributed by atoms with Crippen molar-refractivity contribution in [3.05, 3.63) is 54.1 Å². The molecule has 116 valence electrons. The van der Waals surface area contributed by atoms with Crippen LogP contribution in [0.4, 0.5) is 0 Å². The SMILES string of the molecule is CCOc1ccccc1OC(C(=O)O)c1ccc(OC)cc1. The molecule has 0 radical (unpaired) electrons. The molecule has 0 saturated carbocycles. The van der Waals surface area contributed by atoms with Gasteiger partial charge in [0.25, 0.3) is 0 Å². The predicted octanol–water partition coefficient (Wildman–Crippen LogP) is 3.30. The molecule has 2 aromatic carbocycles. The number of carboxylic acids is 1. The monoisotopic (exact) mass is 302 g/mol. The second-order valence-corrected chi connectivity index (χ2v) is 4.49. The molecule has 0 aliphatic heterocycles. The van der Waals surface area contributed by atoms with Crippen LogP contribution in [-0.2, 0) is 4.79 Å². The third kappa shape index (κ3) is 3.69. The van der Waals surface area contributed by atoms with Gasteiger partial charge in [-0.15, -0.1) is 0 Å². The minimum atomic E-state index is -1.12. The molecule has 5 heteroatoms. The van der Waals surface area contributed by atoms with Crippen molar-refractivity contribution >= 4 is 5.97 Å². The van der Waals surface area contributed by atoms with Gasteiger partial charge in [0.15, 0.2) is 11.5 Å². The lowest BCUT2D eigenvalue weighted by atomic mass is 10.1. The molecule has 0 heterocycles. The van der Waals surface area contributed by atoms with Gasteiger partial charge in [0, 0.05) is 5.56 Å². The van der Waals surface area contributed by atoms with Gasteiger partial charge >= 0.3 is 5.97 Å². The van der Waals surface area contributed by atoms with Crippen molar-refractivity contribution in [3.63, 3.8) is 0 Å². The van der Waals surface area contributed by atoms with Gasteiger partial charge in [-0.25, -0.2) is 4.79 Å². The first-order chi connectivity index (χ1) is 10.7. The second kappa shape index (κ2) is 7.36. The molecular formula is C17H18O5. The molecule has 0 aliphatic carbocycles. The van der Waals surface area contributed by atoms with E-state index >= 15 is 0 Å². The Bertz CT molecular complexity index is 621. The third-order valence-corrected chi connectivity index (χ3v) is 3.04. The average Bonchev–Trinajstić information content (AvgIpc) is 2.54. The standard InChI is InChI=1S/C17H18O5/c1-3-21-14-6-4-5-7-15(14)22-16(17(18)19)12-8-10-13(20-2)11-9-12/h4-11,16H,3H2,1-2H3,(H,18,19). The number of hydrogen-bond donors (Lipinski definition) is 1. The Morgan fingerprint density at radius 3 is 2.27 bits per heavy atom. The zero-order chi connectivity index (χ0) is 15.9. The van der Waals surface area contributed by atoms with E-state index in [9.17, 15) is 9.90 Å². The predicted molar refractivity (Wildman–Crippen MR) is 81.6 cm³/mol. The minimum Gasteiger partial charge on any atom is -0.497 e. The van der Waals surface area contributed by atoms with Gasteiger partial charge in [0.1, 0.15) is 5.75 Å². The van der Waals surface area contributed by atoms with Crippen LogP contribution >= 0.6 is 0 Å². The number of aliphatic carboxylic acids is 1. The topological polar surface area (TPSA) is 65.0 Å². The van der Waals surface area contributed by atoms with Gasteiger partial charge in [0.2, 0.25) is 6.10 Å². The molecule has 2 aromatic rings. The van der Waals surface area contributed by atoms with Crippen molar-refractivity contribution in [2.24, 2.45) is 0 Å². The highest BCUT2D eigenvalue weighted by Crippen LogP contribution is 2.31. The van der Waals surface area contributed by atoms with Crippen LogP contribution in [0.25, 0.3) is 0 Å². The number of benzene rings is 2. The smallest absolute Gasteiger partial charge is 0.349 e. The quantitative estimate of drug-likeness (QED) is 0.850. The van der Waals surface area contributed by atoms with Gasteiger partial charge in [-0.05, 0) is 31.2 Å². The molecule has 2 rings (SSSR count). The molecule has 1 unspecified atom stereocenters. The lowest BCUT2D eigenvalue weighted by Gasteiger charge is -2.18. The van der Waals surface area contributed by atoms with Crippen LogP contribution in [0.5, 0.6) is 17.2 Å². The molecule has 0 spiro atoms. The van der Waals surface area contributed by atoms with Crippen molar-refractivity contribution < 1.29 is 24.1 Å². The summed E-state index contributed by atoms with van der Waals surface area (Å²) in [5.41, 5.74) is 0.527. The summed E-state index contributed by atoms with van der Waals surface area (Å²) in [4.78, 5) is 11.5. The van der Waals surface area contributed by atoms with E-state index in [0.717, 1.165) is 0 Å². The highest BCUT2D eigenvalue weighted by atomic mass is 16.5. The molecule has 1 atom stereocenters. The second-order valence-electron chi connectivity index (χ2n) is 4.49. The highest BCUT2D eigenvalue weighted by Gasteiger charge is 2.23. The number of para-hydroxylation sites is 2. The van der Waals surface area contributed by atoms with Crippen molar-refractivity contribution in [1.29, 1.82) is 0 Å². The maximum absolute atomic E-state index is 11.5. The summed E-state index contributed by atoms with van der Waals surface area (Å²) in [5.74, 6) is 0.497. The number of ether oxygens (including phenoxy) is 3. The zero-order valence-corrected chi connectivity index (χ0v) is 12.5. The molecule has 0 bridgehead atoms. The number of rotatable bonds is 7. The zero-order valence-electron chi connectivity index (χ0n) is 12.5. The third-order valence-electron chi connectivity index (χ3n) is 3.04. The van der Waals surface area contributed by atoms with Gasteiger partial charge in [-0.1, -0.05) is 24.3 Å². The summed E-state index contributed by atoms with van der Waals surface area (Å²) in [7, 11) is 1.55. The fourth-order valence-electron chi connectivity index (χ4n) is 1.99. The molecule has 0 aromatic heterocycles. The van der Waals surface area contributed by atoms with Crippen molar-refractivity contribution in [3.8, 4) is 17.2 Å². The lowest BCUT2D eigenvalue weighted by Crippen LogP contribution is -2.18. The van der Waals surface area contributed by atoms with Crippen LogP contribution in [0.3, 0.4) is 0 Å². The molecule has 22 heavy (non-hydrogen) atoms. The van der Waals surface area contributed by atoms with Crippen molar-refractivity contribution in [1.82, 2.24) is 0 Å². The molecular weight excluding hydrogens is 284 g/mol. The number of methoxy groups -OCH3 is 1. The van der Waals surface area contributed by atoms with E-state index in [1.54, 1.807) is 55.6 Å². The lowest BCUT2D eigenvalue weighted by molar-refractivity contribution is -0.145. The summed E-state index contributed by atoms with van der Waals surface area (Å²) < 4.78 is 16.2. The van der Waals surface area contributed by atoms with E-state index in [-0.39, 0.29) is 0 Å². The van der Waals surface area contributed by atoms with Crippen LogP contribution in [0, 0.1) is 0 Å². The Hall–Kier alpha value is -2.69. The van der Waals surface area contributed by atoms with Crippen molar-refractivity contribution in [2.75, 3.05) is 13.7 Å². The summed E-state index contributed by atoms with van der Waals surface area (Å²) in [6.07, 6.45) is -1.12. The maximum atomic E-state index is 11.5. The minimum absolute atomic E-state index is 0.396. The summed E-state index contributed by atoms with van der Waals surface area (Å²) in [5, 5.41) is 9.44. The van der Waals surface area contributed by atoms with Gasteiger partial charge in [-0.2, -0.15) is 0 Å². The van der Waals surface area contributed by atoms with E-state index in [1.807, 2.05) is 6.92 Å². The van der Waals surface area contributed by atoms with Crippen LogP contribution in [0.1, 0.15) is 18.6 Å². The Labute approximate surface area is 129 Å². The largest absolute Gasteiger partial charge is 0.497 e. The van der Waals surface area contributed by atoms with E-state index in [0.29, 0.717) is 29.4 Å². The molecule has 5 nitrogen and oxygen atoms in total. The van der Waals surface area contributed by atoms with Crippen LogP contribution in [-0.4, -0.2) is 24.8 Å². The van der Waals surface area contributed by atoms with E-state index < -0.39 is 12.1 Å². The van der Waals surface area contributed by atoms with Gasteiger partial charge in [0.05, 0.1) is 13.7 Å². The molecule has 0 amide bonds. The summed E-state index contributed by atoms with van der Waals surface area (Å²) in [6, 6.07) is 13.7. The first-order valence-corrected chi connectivity index (χ1v) is 6.91. The van der Waals surface area contributed by atoms with Crippen LogP contribution < -0.4 is 14.2 Å². The summed E-state index contributed by atoms with van der Waals surface area (Å²) in [6.45, 7) is 2.33. The summed E-state index contributed by atoms with van der Waals surface area (Å²) >= 11 is 0. The molecule has 1 N–H and O–H groups in total. The molecule has 0 fully saturated rings. The van der Waals surface area contributed by atoms with Gasteiger partial charge < -0.3 is 19.3 Å². The first kappa shape index (κ1) is 15.7. The van der Waals surface area contributed by atoms with Crippen LogP contribution in [0.2, 0.25) is 0 Å². The number of carboxylic acid groups (broad SMARTS) is 1. The Kier molecular flexibility index (Phi) is 5.25. The maximum Gasteiger partial charge on any atom is 0.349 e. The first-order valence-electron chi connectivity index (χ1n) is 6.91. The average molecular weight is 302 g/mol.